The number of anilines is 1. The molecule has 4 heteroatoms. The molecule has 0 saturated carbocycles. The number of hydrogen-bond donors (Lipinski definition) is 1. The Bertz CT molecular complexity index is 1030. The van der Waals surface area contributed by atoms with Crippen molar-refractivity contribution in [1.29, 1.82) is 0 Å². The van der Waals surface area contributed by atoms with E-state index in [1.54, 1.807) is 12.1 Å². The molecule has 0 unspecified atom stereocenters. The van der Waals surface area contributed by atoms with Crippen LogP contribution in [0.2, 0.25) is 10.0 Å². The Kier molecular flexibility index (Phi) is 4.39. The zero-order valence-electron chi connectivity index (χ0n) is 13.3. The third-order valence-corrected chi connectivity index (χ3v) is 4.66. The predicted molar refractivity (Wildman–Crippen MR) is 105 cm³/mol. The summed E-state index contributed by atoms with van der Waals surface area (Å²) in [5.74, 6) is 1.54. The van der Waals surface area contributed by atoms with E-state index in [9.17, 15) is 0 Å². The molecule has 1 N–H and O–H groups in total. The largest absolute Gasteiger partial charge is 0.459 e. The number of halogens is 2. The van der Waals surface area contributed by atoms with Crippen LogP contribution in [0.5, 0.6) is 0 Å². The van der Waals surface area contributed by atoms with Gasteiger partial charge in [-0.1, -0.05) is 59.6 Å². The molecule has 1 heterocycles. The minimum atomic E-state index is 0.589. The fourth-order valence-corrected chi connectivity index (χ4v) is 3.25. The predicted octanol–water partition coefficient (Wildman–Crippen LogP) is 7.02. The smallest absolute Gasteiger partial charge is 0.135 e. The van der Waals surface area contributed by atoms with Crippen LogP contribution in [0.4, 0.5) is 5.69 Å². The standard InChI is InChI=1S/C21H15Cl2NO/c22-15-8-10-19(23)18(12-15)21-11-9-16(25-21)13-24-20-7-3-5-14-4-1-2-6-17(14)20/h1-12,24H,13H2. The van der Waals surface area contributed by atoms with Gasteiger partial charge < -0.3 is 9.73 Å². The van der Waals surface area contributed by atoms with E-state index in [0.717, 1.165) is 17.0 Å². The Labute approximate surface area is 156 Å². The second-order valence-corrected chi connectivity index (χ2v) is 6.61. The van der Waals surface area contributed by atoms with E-state index in [-0.39, 0.29) is 0 Å². The maximum atomic E-state index is 6.24. The van der Waals surface area contributed by atoms with E-state index in [1.165, 1.54) is 10.8 Å². The van der Waals surface area contributed by atoms with Gasteiger partial charge in [0.15, 0.2) is 0 Å². The van der Waals surface area contributed by atoms with E-state index in [4.69, 9.17) is 27.6 Å². The highest BCUT2D eigenvalue weighted by Crippen LogP contribution is 2.32. The van der Waals surface area contributed by atoms with Crippen molar-refractivity contribution in [3.63, 3.8) is 0 Å². The average molecular weight is 368 g/mol. The number of benzene rings is 3. The van der Waals surface area contributed by atoms with Crippen LogP contribution in [0.3, 0.4) is 0 Å². The molecule has 0 saturated heterocycles. The topological polar surface area (TPSA) is 25.2 Å². The summed E-state index contributed by atoms with van der Waals surface area (Å²) in [5.41, 5.74) is 1.88. The number of rotatable bonds is 4. The molecular formula is C21H15Cl2NO. The quantitative estimate of drug-likeness (QED) is 0.419. The molecule has 124 valence electrons. The van der Waals surface area contributed by atoms with Gasteiger partial charge in [0.2, 0.25) is 0 Å². The van der Waals surface area contributed by atoms with Gasteiger partial charge in [-0.15, -0.1) is 0 Å². The Morgan fingerprint density at radius 1 is 0.840 bits per heavy atom. The van der Waals surface area contributed by atoms with Gasteiger partial charge in [-0.2, -0.15) is 0 Å². The maximum Gasteiger partial charge on any atom is 0.135 e. The Morgan fingerprint density at radius 3 is 2.60 bits per heavy atom. The van der Waals surface area contributed by atoms with Gasteiger partial charge in [0.1, 0.15) is 11.5 Å². The van der Waals surface area contributed by atoms with E-state index in [2.05, 4.69) is 29.6 Å². The zero-order valence-corrected chi connectivity index (χ0v) is 14.8. The van der Waals surface area contributed by atoms with Gasteiger partial charge >= 0.3 is 0 Å². The number of furan rings is 1. The molecule has 4 rings (SSSR count). The van der Waals surface area contributed by atoms with Gasteiger partial charge in [-0.3, -0.25) is 0 Å². The lowest BCUT2D eigenvalue weighted by atomic mass is 10.1. The minimum Gasteiger partial charge on any atom is -0.459 e. The molecule has 0 fully saturated rings. The summed E-state index contributed by atoms with van der Waals surface area (Å²) in [6, 6.07) is 23.7. The fourth-order valence-electron chi connectivity index (χ4n) is 2.87. The fraction of sp³-hybridized carbons (Fsp3) is 0.0476. The first-order chi connectivity index (χ1) is 12.2. The molecule has 0 bridgehead atoms. The number of fused-ring (bicyclic) bond motifs is 1. The normalized spacial score (nSPS) is 11.0. The van der Waals surface area contributed by atoms with Crippen LogP contribution < -0.4 is 5.32 Å². The Balaban J connectivity index is 1.56. The van der Waals surface area contributed by atoms with Crippen molar-refractivity contribution in [3.05, 3.63) is 88.6 Å². The van der Waals surface area contributed by atoms with Crippen molar-refractivity contribution < 1.29 is 4.42 Å². The molecule has 0 spiro atoms. The molecule has 0 atom stereocenters. The highest BCUT2D eigenvalue weighted by molar-refractivity contribution is 6.35. The molecule has 25 heavy (non-hydrogen) atoms. The van der Waals surface area contributed by atoms with Gasteiger partial charge in [-0.25, -0.2) is 0 Å². The molecule has 0 amide bonds. The second-order valence-electron chi connectivity index (χ2n) is 5.77. The van der Waals surface area contributed by atoms with Gasteiger partial charge in [-0.05, 0) is 41.8 Å². The third kappa shape index (κ3) is 3.37. The Hall–Kier alpha value is -2.42. The summed E-state index contributed by atoms with van der Waals surface area (Å²) in [5, 5.41) is 7.09. The molecule has 3 aromatic carbocycles. The Morgan fingerprint density at radius 2 is 1.68 bits per heavy atom. The molecule has 0 radical (unpaired) electrons. The highest BCUT2D eigenvalue weighted by atomic mass is 35.5. The molecule has 1 aromatic heterocycles. The third-order valence-electron chi connectivity index (χ3n) is 4.10. The summed E-state index contributed by atoms with van der Waals surface area (Å²) in [6.07, 6.45) is 0. The van der Waals surface area contributed by atoms with Gasteiger partial charge in [0, 0.05) is 21.7 Å². The lowest BCUT2D eigenvalue weighted by molar-refractivity contribution is 0.531. The first kappa shape index (κ1) is 16.1. The molecule has 0 aliphatic heterocycles. The van der Waals surface area contributed by atoms with E-state index < -0.39 is 0 Å². The van der Waals surface area contributed by atoms with E-state index in [1.807, 2.05) is 36.4 Å². The highest BCUT2D eigenvalue weighted by Gasteiger charge is 2.10. The van der Waals surface area contributed by atoms with Crippen LogP contribution >= 0.6 is 23.2 Å². The van der Waals surface area contributed by atoms with Crippen molar-refractivity contribution in [2.45, 2.75) is 6.54 Å². The molecular weight excluding hydrogens is 353 g/mol. The molecule has 2 nitrogen and oxygen atoms in total. The molecule has 0 aliphatic carbocycles. The number of hydrogen-bond acceptors (Lipinski definition) is 2. The summed E-state index contributed by atoms with van der Waals surface area (Å²) >= 11 is 12.3. The van der Waals surface area contributed by atoms with Crippen molar-refractivity contribution in [3.8, 4) is 11.3 Å². The lowest BCUT2D eigenvalue weighted by Crippen LogP contribution is -1.98. The van der Waals surface area contributed by atoms with Crippen LogP contribution in [0.25, 0.3) is 22.1 Å². The summed E-state index contributed by atoms with van der Waals surface area (Å²) < 4.78 is 5.93. The number of nitrogens with one attached hydrogen (secondary N) is 1. The average Bonchev–Trinajstić information content (AvgIpc) is 3.11. The van der Waals surface area contributed by atoms with Crippen LogP contribution in [0.1, 0.15) is 5.76 Å². The van der Waals surface area contributed by atoms with Crippen LogP contribution in [0, 0.1) is 0 Å². The first-order valence-corrected chi connectivity index (χ1v) is 8.72. The summed E-state index contributed by atoms with van der Waals surface area (Å²) in [6.45, 7) is 0.589. The molecule has 0 aliphatic rings. The minimum absolute atomic E-state index is 0.589. The van der Waals surface area contributed by atoms with E-state index >= 15 is 0 Å². The van der Waals surface area contributed by atoms with Crippen LogP contribution in [-0.2, 0) is 6.54 Å². The van der Waals surface area contributed by atoms with Crippen molar-refractivity contribution in [2.24, 2.45) is 0 Å². The van der Waals surface area contributed by atoms with Gasteiger partial charge in [0.25, 0.3) is 0 Å². The second kappa shape index (κ2) is 6.83. The first-order valence-electron chi connectivity index (χ1n) is 7.96. The molecule has 4 aromatic rings. The monoisotopic (exact) mass is 367 g/mol. The van der Waals surface area contributed by atoms with Crippen molar-refractivity contribution in [1.82, 2.24) is 0 Å². The van der Waals surface area contributed by atoms with Crippen molar-refractivity contribution in [2.75, 3.05) is 5.32 Å². The maximum absolute atomic E-state index is 6.24. The van der Waals surface area contributed by atoms with E-state index in [0.29, 0.717) is 22.4 Å². The van der Waals surface area contributed by atoms with Crippen LogP contribution in [-0.4, -0.2) is 0 Å². The lowest BCUT2D eigenvalue weighted by Gasteiger charge is -2.08. The SMILES string of the molecule is Clc1ccc(Cl)c(-c2ccc(CNc3cccc4ccccc34)o2)c1. The summed E-state index contributed by atoms with van der Waals surface area (Å²) in [7, 11) is 0. The van der Waals surface area contributed by atoms with Gasteiger partial charge in [0.05, 0.1) is 11.6 Å². The summed E-state index contributed by atoms with van der Waals surface area (Å²) in [4.78, 5) is 0. The van der Waals surface area contributed by atoms with Crippen LogP contribution in [0.15, 0.2) is 77.2 Å². The zero-order chi connectivity index (χ0) is 17.2. The van der Waals surface area contributed by atoms with Crippen molar-refractivity contribution >= 4 is 39.7 Å².